The maximum absolute atomic E-state index is 10.7. The van der Waals surface area contributed by atoms with Crippen molar-refractivity contribution in [3.63, 3.8) is 0 Å². The Labute approximate surface area is 79.3 Å². The third-order valence-corrected chi connectivity index (χ3v) is 3.27. The predicted octanol–water partition coefficient (Wildman–Crippen LogP) is -0.466. The van der Waals surface area contributed by atoms with Crippen LogP contribution in [-0.2, 0) is 9.84 Å². The van der Waals surface area contributed by atoms with Crippen LogP contribution in [0.25, 0.3) is 0 Å². The zero-order chi connectivity index (χ0) is 9.90. The fourth-order valence-corrected chi connectivity index (χ4v) is 2.06. The van der Waals surface area contributed by atoms with Crippen LogP contribution in [-0.4, -0.2) is 44.2 Å². The Kier molecular flexibility index (Phi) is 3.70. The number of aliphatic hydroxyl groups is 1. The molecule has 13 heavy (non-hydrogen) atoms. The van der Waals surface area contributed by atoms with Crippen molar-refractivity contribution in [3.8, 4) is 0 Å². The molecule has 0 spiro atoms. The average molecular weight is 207 g/mol. The molecule has 1 saturated carbocycles. The van der Waals surface area contributed by atoms with Crippen LogP contribution in [0.1, 0.15) is 19.3 Å². The third kappa shape index (κ3) is 4.59. The van der Waals surface area contributed by atoms with Crippen molar-refractivity contribution in [2.45, 2.75) is 31.4 Å². The summed E-state index contributed by atoms with van der Waals surface area (Å²) in [5, 5.41) is 12.2. The number of hydrogen-bond donors (Lipinski definition) is 2. The summed E-state index contributed by atoms with van der Waals surface area (Å²) in [6, 6.07) is 0.398. The highest BCUT2D eigenvalue weighted by Crippen LogP contribution is 2.18. The molecule has 0 amide bonds. The smallest absolute Gasteiger partial charge is 0.147 e. The number of hydrogen-bond acceptors (Lipinski definition) is 4. The van der Waals surface area contributed by atoms with E-state index in [0.29, 0.717) is 12.5 Å². The second-order valence-corrected chi connectivity index (χ2v) is 6.02. The van der Waals surface area contributed by atoms with E-state index >= 15 is 0 Å². The molecule has 0 saturated heterocycles. The minimum Gasteiger partial charge on any atom is -0.393 e. The quantitative estimate of drug-likeness (QED) is 0.598. The van der Waals surface area contributed by atoms with E-state index in [9.17, 15) is 8.42 Å². The van der Waals surface area contributed by atoms with E-state index < -0.39 is 9.84 Å². The van der Waals surface area contributed by atoms with E-state index in [1.807, 2.05) is 0 Å². The maximum atomic E-state index is 10.7. The van der Waals surface area contributed by atoms with E-state index in [4.69, 9.17) is 5.11 Å². The first-order valence-electron chi connectivity index (χ1n) is 4.56. The Hall–Kier alpha value is -0.130. The number of rotatable bonds is 5. The topological polar surface area (TPSA) is 66.4 Å². The van der Waals surface area contributed by atoms with Gasteiger partial charge in [0.05, 0.1) is 11.9 Å². The SMILES string of the molecule is CS(=O)(=O)CCCNC1CC(O)C1. The lowest BCUT2D eigenvalue weighted by atomic mass is 9.89. The lowest BCUT2D eigenvalue weighted by Gasteiger charge is -2.32. The zero-order valence-corrected chi connectivity index (χ0v) is 8.68. The first kappa shape index (κ1) is 10.9. The van der Waals surface area contributed by atoms with E-state index in [-0.39, 0.29) is 11.9 Å². The van der Waals surface area contributed by atoms with Crippen LogP contribution in [0.5, 0.6) is 0 Å². The maximum Gasteiger partial charge on any atom is 0.147 e. The Morgan fingerprint density at radius 2 is 2.08 bits per heavy atom. The van der Waals surface area contributed by atoms with Crippen LogP contribution < -0.4 is 5.32 Å². The van der Waals surface area contributed by atoms with Crippen molar-refractivity contribution < 1.29 is 13.5 Å². The largest absolute Gasteiger partial charge is 0.393 e. The van der Waals surface area contributed by atoms with Crippen LogP contribution in [0.3, 0.4) is 0 Å². The summed E-state index contributed by atoms with van der Waals surface area (Å²) in [4.78, 5) is 0. The molecule has 0 unspecified atom stereocenters. The molecule has 0 aromatic carbocycles. The van der Waals surface area contributed by atoms with Gasteiger partial charge in [0.25, 0.3) is 0 Å². The second kappa shape index (κ2) is 4.39. The fraction of sp³-hybridized carbons (Fsp3) is 1.00. The summed E-state index contributed by atoms with van der Waals surface area (Å²) in [6.45, 7) is 0.727. The van der Waals surface area contributed by atoms with Crippen molar-refractivity contribution in [3.05, 3.63) is 0 Å². The van der Waals surface area contributed by atoms with Crippen molar-refractivity contribution in [2.24, 2.45) is 0 Å². The first-order chi connectivity index (χ1) is 5.97. The molecule has 1 aliphatic carbocycles. The van der Waals surface area contributed by atoms with Gasteiger partial charge in [-0.05, 0) is 25.8 Å². The molecule has 0 atom stereocenters. The van der Waals surface area contributed by atoms with Gasteiger partial charge in [-0.15, -0.1) is 0 Å². The summed E-state index contributed by atoms with van der Waals surface area (Å²) in [5.74, 6) is 0.245. The van der Waals surface area contributed by atoms with Gasteiger partial charge in [0.2, 0.25) is 0 Å². The second-order valence-electron chi connectivity index (χ2n) is 3.76. The predicted molar refractivity (Wildman–Crippen MR) is 51.4 cm³/mol. The van der Waals surface area contributed by atoms with Crippen molar-refractivity contribution in [2.75, 3.05) is 18.6 Å². The Bertz CT molecular complexity index is 244. The summed E-state index contributed by atoms with van der Waals surface area (Å²) in [5.41, 5.74) is 0. The molecular formula is C8H17NO3S. The molecule has 4 nitrogen and oxygen atoms in total. The van der Waals surface area contributed by atoms with Gasteiger partial charge >= 0.3 is 0 Å². The molecule has 0 aromatic rings. The summed E-state index contributed by atoms with van der Waals surface area (Å²) in [6.07, 6.45) is 3.37. The molecule has 78 valence electrons. The van der Waals surface area contributed by atoms with Crippen LogP contribution in [0.2, 0.25) is 0 Å². The highest BCUT2D eigenvalue weighted by atomic mass is 32.2. The normalized spacial score (nSPS) is 28.5. The average Bonchev–Trinajstić information content (AvgIpc) is 1.91. The molecule has 0 bridgehead atoms. The van der Waals surface area contributed by atoms with Gasteiger partial charge in [0.15, 0.2) is 0 Å². The Balaban J connectivity index is 1.96. The summed E-state index contributed by atoms with van der Waals surface area (Å²) >= 11 is 0. The van der Waals surface area contributed by atoms with Gasteiger partial charge < -0.3 is 10.4 Å². The number of sulfone groups is 1. The van der Waals surface area contributed by atoms with Crippen LogP contribution in [0, 0.1) is 0 Å². The molecule has 1 fully saturated rings. The van der Waals surface area contributed by atoms with Gasteiger partial charge in [-0.3, -0.25) is 0 Å². The van der Waals surface area contributed by atoms with Gasteiger partial charge in [-0.25, -0.2) is 8.42 Å². The molecule has 0 heterocycles. The summed E-state index contributed by atoms with van der Waals surface area (Å²) < 4.78 is 21.5. The van der Waals surface area contributed by atoms with Gasteiger partial charge in [-0.2, -0.15) is 0 Å². The van der Waals surface area contributed by atoms with Crippen LogP contribution in [0.15, 0.2) is 0 Å². The highest BCUT2D eigenvalue weighted by molar-refractivity contribution is 7.90. The Morgan fingerprint density at radius 3 is 2.54 bits per heavy atom. The van der Waals surface area contributed by atoms with E-state index in [1.165, 1.54) is 6.26 Å². The van der Waals surface area contributed by atoms with E-state index in [1.54, 1.807) is 0 Å². The van der Waals surface area contributed by atoms with Crippen LogP contribution >= 0.6 is 0 Å². The van der Waals surface area contributed by atoms with Crippen LogP contribution in [0.4, 0.5) is 0 Å². The van der Waals surface area contributed by atoms with E-state index in [0.717, 1.165) is 19.4 Å². The summed E-state index contributed by atoms with van der Waals surface area (Å²) in [7, 11) is -2.81. The first-order valence-corrected chi connectivity index (χ1v) is 6.62. The van der Waals surface area contributed by atoms with Crippen molar-refractivity contribution in [1.29, 1.82) is 0 Å². The minimum atomic E-state index is -2.81. The lowest BCUT2D eigenvalue weighted by molar-refractivity contribution is 0.0628. The molecule has 2 N–H and O–H groups in total. The third-order valence-electron chi connectivity index (χ3n) is 2.24. The molecular weight excluding hydrogens is 190 g/mol. The van der Waals surface area contributed by atoms with Gasteiger partial charge in [0.1, 0.15) is 9.84 Å². The number of nitrogens with one attached hydrogen (secondary N) is 1. The fourth-order valence-electron chi connectivity index (χ4n) is 1.40. The number of aliphatic hydroxyl groups excluding tert-OH is 1. The van der Waals surface area contributed by atoms with Crippen molar-refractivity contribution in [1.82, 2.24) is 5.32 Å². The minimum absolute atomic E-state index is 0.146. The van der Waals surface area contributed by atoms with Gasteiger partial charge in [0, 0.05) is 12.3 Å². The highest BCUT2D eigenvalue weighted by Gasteiger charge is 2.25. The molecule has 0 aromatic heterocycles. The molecule has 5 heteroatoms. The molecule has 1 aliphatic rings. The standard InChI is InChI=1S/C8H17NO3S/c1-13(11,12)4-2-3-9-7-5-8(10)6-7/h7-10H,2-6H2,1H3. The molecule has 0 aliphatic heterocycles. The molecule has 1 rings (SSSR count). The monoisotopic (exact) mass is 207 g/mol. The van der Waals surface area contributed by atoms with Crippen molar-refractivity contribution >= 4 is 9.84 Å². The van der Waals surface area contributed by atoms with E-state index in [2.05, 4.69) is 5.32 Å². The zero-order valence-electron chi connectivity index (χ0n) is 7.86. The molecule has 0 radical (unpaired) electrons. The Morgan fingerprint density at radius 1 is 1.46 bits per heavy atom. The van der Waals surface area contributed by atoms with Gasteiger partial charge in [-0.1, -0.05) is 0 Å². The lowest BCUT2D eigenvalue weighted by Crippen LogP contribution is -2.44.